The second-order valence-corrected chi connectivity index (χ2v) is 2.83. The smallest absolute Gasteiger partial charge is 0.676 e. The molecule has 82 valence electrons. The number of rotatable bonds is 5. The first-order valence-corrected chi connectivity index (χ1v) is 4.92. The topological polar surface area (TPSA) is 90.2 Å². The summed E-state index contributed by atoms with van der Waals surface area (Å²) < 4.78 is 0. The minimum atomic E-state index is -0.970. The Balaban J connectivity index is -0.000000177. The van der Waals surface area contributed by atoms with Gasteiger partial charge in [-0.25, -0.2) is 0 Å². The molecule has 0 aliphatic carbocycles. The average molecular weight is 390 g/mol. The van der Waals surface area contributed by atoms with Crippen LogP contribution >= 0.6 is 11.8 Å². The molecule has 0 aliphatic rings. The van der Waals surface area contributed by atoms with Gasteiger partial charge in [-0.2, -0.15) is 11.8 Å². The number of thioether (sulfide) groups is 1. The third-order valence-corrected chi connectivity index (χ3v) is 1.46. The number of likely N-dealkylation sites (N-methyl/N-ethyl adjacent to an activating group) is 1. The van der Waals surface area contributed by atoms with Gasteiger partial charge in [0.2, 0.25) is 0 Å². The van der Waals surface area contributed by atoms with Crippen molar-refractivity contribution in [1.29, 1.82) is 0 Å². The van der Waals surface area contributed by atoms with Crippen LogP contribution < -0.4 is 5.32 Å². The maximum absolute atomic E-state index is 9.98. The Morgan fingerprint density at radius 1 is 1.71 bits per heavy atom. The molecule has 0 fully saturated rings. The van der Waals surface area contributed by atoms with Gasteiger partial charge < -0.3 is 21.0 Å². The van der Waals surface area contributed by atoms with Crippen molar-refractivity contribution in [3.63, 3.8) is 0 Å². The van der Waals surface area contributed by atoms with Crippen molar-refractivity contribution in [2.45, 2.75) is 6.04 Å². The van der Waals surface area contributed by atoms with E-state index in [0.717, 1.165) is 0 Å². The summed E-state index contributed by atoms with van der Waals surface area (Å²) in [5.41, 5.74) is 6.65. The number of hydrogen-bond acceptors (Lipinski definition) is 4. The number of carboxylic acid groups (broad SMARTS) is 1. The van der Waals surface area contributed by atoms with Gasteiger partial charge in [0.1, 0.15) is 0 Å². The minimum absolute atomic E-state index is 0. The van der Waals surface area contributed by atoms with E-state index in [0.29, 0.717) is 5.75 Å². The summed E-state index contributed by atoms with van der Waals surface area (Å²) in [6.07, 6.45) is 3.60. The number of nitrogens with one attached hydrogen (secondary N) is 2. The van der Waals surface area contributed by atoms with E-state index in [1.807, 2.05) is 6.26 Å². The van der Waals surface area contributed by atoms with Gasteiger partial charge in [-0.1, -0.05) is 0 Å². The molecule has 1 unspecified atom stereocenters. The summed E-state index contributed by atoms with van der Waals surface area (Å²) in [4.78, 5) is 19.2. The van der Waals surface area contributed by atoms with Crippen LogP contribution in [0.5, 0.6) is 0 Å². The third kappa shape index (κ3) is 14.6. The molecule has 0 amide bonds. The van der Waals surface area contributed by atoms with E-state index in [4.69, 9.17) is 10.8 Å². The minimum Gasteiger partial charge on any atom is -0.676 e. The zero-order chi connectivity index (χ0) is 10.7. The van der Waals surface area contributed by atoms with E-state index in [1.165, 1.54) is 18.8 Å². The first-order chi connectivity index (χ1) is 6.13. The molecule has 14 heavy (non-hydrogen) atoms. The Morgan fingerprint density at radius 2 is 2.21 bits per heavy atom. The van der Waals surface area contributed by atoms with Crippen LogP contribution in [0.25, 0.3) is 5.73 Å². The Bertz CT molecular complexity index is 145. The predicted molar refractivity (Wildman–Crippen MR) is 53.7 cm³/mol. The van der Waals surface area contributed by atoms with Crippen LogP contribution in [-0.4, -0.2) is 49.0 Å². The largest absolute Gasteiger partial charge is 2.00 e. The van der Waals surface area contributed by atoms with Crippen molar-refractivity contribution < 1.29 is 35.8 Å². The molecule has 0 aromatic carbocycles. The van der Waals surface area contributed by atoms with Crippen LogP contribution in [0, 0.1) is 0 Å². The van der Waals surface area contributed by atoms with Gasteiger partial charge in [-0.3, -0.25) is 11.1 Å². The second kappa shape index (κ2) is 15.6. The van der Waals surface area contributed by atoms with E-state index >= 15 is 0 Å². The molecule has 3 N–H and O–H groups in total. The molecule has 0 heterocycles. The maximum Gasteiger partial charge on any atom is 2.00 e. The fraction of sp³-hybridized carbons (Fsp3) is 0.714. The molecule has 0 spiro atoms. The van der Waals surface area contributed by atoms with E-state index in [1.54, 1.807) is 6.29 Å². The van der Waals surface area contributed by atoms with Gasteiger partial charge in [0.25, 0.3) is 0 Å². The van der Waals surface area contributed by atoms with Crippen molar-refractivity contribution >= 4 is 24.0 Å². The summed E-state index contributed by atoms with van der Waals surface area (Å²) in [7, 11) is 1.52. The van der Waals surface area contributed by atoms with E-state index in [2.05, 4.69) is 5.32 Å². The molecule has 0 aromatic rings. The Hall–Kier alpha value is 0.0983. The first kappa shape index (κ1) is 19.6. The van der Waals surface area contributed by atoms with E-state index in [-0.39, 0.29) is 27.6 Å². The van der Waals surface area contributed by atoms with Crippen LogP contribution in [0.2, 0.25) is 0 Å². The fourth-order valence-electron chi connectivity index (χ4n) is 0.372. The summed E-state index contributed by atoms with van der Waals surface area (Å²) >= 11 is 1.48. The van der Waals surface area contributed by atoms with E-state index in [9.17, 15) is 9.59 Å². The molecule has 0 radical (unpaired) electrons. The molecule has 0 saturated heterocycles. The number of hydrogen-bond donors (Lipinski definition) is 2. The van der Waals surface area contributed by atoms with Crippen LogP contribution in [0.1, 0.15) is 0 Å². The normalized spacial score (nSPS) is 10.2. The molecular weight excluding hydrogens is 376 g/mol. The number of carboxylic acids is 1. The average Bonchev–Trinajstić information content (AvgIpc) is 2.08. The molecular formula is C7H14N2O3SW. The molecule has 0 aliphatic heterocycles. The number of carbonyl (C=O) groups excluding carboxylic acids is 1. The predicted octanol–water partition coefficient (Wildman–Crippen LogP) is 0.168. The first-order valence-electron chi connectivity index (χ1n) is 3.52. The molecule has 0 rings (SSSR count). The van der Waals surface area contributed by atoms with Crippen LogP contribution in [0.3, 0.4) is 0 Å². The van der Waals surface area contributed by atoms with Crippen LogP contribution in [0.4, 0.5) is 0 Å². The zero-order valence-electron chi connectivity index (χ0n) is 8.07. The molecule has 0 bridgehead atoms. The Morgan fingerprint density at radius 3 is 2.21 bits per heavy atom. The maximum atomic E-state index is 9.98. The van der Waals surface area contributed by atoms with Crippen molar-refractivity contribution in [3.05, 3.63) is 5.73 Å². The molecule has 0 saturated carbocycles. The van der Waals surface area contributed by atoms with Crippen molar-refractivity contribution in [2.24, 2.45) is 0 Å². The van der Waals surface area contributed by atoms with Crippen LogP contribution in [-0.2, 0) is 30.7 Å². The Kier molecular flexibility index (Phi) is 21.8. The van der Waals surface area contributed by atoms with Gasteiger partial charge in [-0.05, 0) is 13.3 Å². The molecule has 7 heteroatoms. The van der Waals surface area contributed by atoms with Crippen molar-refractivity contribution in [3.8, 4) is 0 Å². The third-order valence-electron chi connectivity index (χ3n) is 1.05. The van der Waals surface area contributed by atoms with Crippen molar-refractivity contribution in [1.82, 2.24) is 5.32 Å². The number of aliphatic carboxylic acids is 1. The van der Waals surface area contributed by atoms with Gasteiger partial charge in [0, 0.05) is 0 Å². The zero-order valence-corrected chi connectivity index (χ0v) is 11.8. The molecule has 5 nitrogen and oxygen atoms in total. The quantitative estimate of drug-likeness (QED) is 0.654. The number of carbonyl (C=O) groups is 1. The summed E-state index contributed by atoms with van der Waals surface area (Å²) in [5, 5.41) is 10.7. The van der Waals surface area contributed by atoms with Gasteiger partial charge >= 0.3 is 27.0 Å². The SMILES string of the molecule is CNC(C[NH-])C(=O)O.CSC[C-]=O.[W+2]. The molecule has 1 atom stereocenters. The monoisotopic (exact) mass is 390 g/mol. The summed E-state index contributed by atoms with van der Waals surface area (Å²) in [6.45, 7) is -0.119. The fourth-order valence-corrected chi connectivity index (χ4v) is 0.490. The molecule has 0 aromatic heterocycles. The Labute approximate surface area is 102 Å². The summed E-state index contributed by atoms with van der Waals surface area (Å²) in [5.74, 6) is -0.470. The van der Waals surface area contributed by atoms with E-state index < -0.39 is 12.0 Å². The second-order valence-electron chi connectivity index (χ2n) is 1.96. The van der Waals surface area contributed by atoms with Gasteiger partial charge in [0.05, 0.1) is 6.04 Å². The van der Waals surface area contributed by atoms with Gasteiger partial charge in [0.15, 0.2) is 0 Å². The standard InChI is InChI=1S/C4H9N2O2.C3H5OS.W/c1-6-3(2-5)4(7)8;1-5-3-2-4;/h3,5-6H,2H2,1H3,(H,7,8);3H2,1H3;/q2*-1;+2. The summed E-state index contributed by atoms with van der Waals surface area (Å²) in [6, 6.07) is -0.713. The van der Waals surface area contributed by atoms with Crippen molar-refractivity contribution in [2.75, 3.05) is 25.6 Å². The van der Waals surface area contributed by atoms with Crippen LogP contribution in [0.15, 0.2) is 0 Å². The van der Waals surface area contributed by atoms with Gasteiger partial charge in [-0.15, -0.1) is 12.3 Å².